The van der Waals surface area contributed by atoms with Crippen molar-refractivity contribution in [2.75, 3.05) is 49.3 Å². The maximum atomic E-state index is 2.41. The van der Waals surface area contributed by atoms with Gasteiger partial charge in [0.15, 0.2) is 0 Å². The van der Waals surface area contributed by atoms with Crippen LogP contribution in [0, 0.1) is 0 Å². The van der Waals surface area contributed by atoms with E-state index in [4.69, 9.17) is 0 Å². The quantitative estimate of drug-likeness (QED) is 0.0572. The fraction of sp³-hybridized carbons (Fsp3) is 1.00. The van der Waals surface area contributed by atoms with Crippen LogP contribution in [0.5, 0.6) is 0 Å². The first-order valence-corrected chi connectivity index (χ1v) is 23.3. The van der Waals surface area contributed by atoms with E-state index in [2.05, 4.69) is 41.5 Å². The van der Waals surface area contributed by atoms with Gasteiger partial charge in [-0.3, -0.25) is 0 Å². The van der Waals surface area contributed by atoms with E-state index in [9.17, 15) is 0 Å². The SMILES string of the molecule is CCCCCC[P+](CCCCCC)(CCCCCC)CCCCCC[P+](CCCC)(CCCC)CCCC. The van der Waals surface area contributed by atoms with Gasteiger partial charge >= 0.3 is 0 Å². The molecule has 0 spiro atoms. The van der Waals surface area contributed by atoms with E-state index < -0.39 is 14.5 Å². The molecule has 0 atom stereocenters. The average Bonchev–Trinajstić information content (AvgIpc) is 2.94. The fourth-order valence-electron chi connectivity index (χ4n) is 6.69. The molecule has 0 N–H and O–H groups in total. The zero-order valence-corrected chi connectivity index (χ0v) is 29.9. The lowest BCUT2D eigenvalue weighted by Crippen LogP contribution is -2.14. The molecule has 0 saturated carbocycles. The Kier molecular flexibility index (Phi) is 28.6. The van der Waals surface area contributed by atoms with Crippen molar-refractivity contribution in [1.29, 1.82) is 0 Å². The van der Waals surface area contributed by atoms with Crippen molar-refractivity contribution in [1.82, 2.24) is 0 Å². The fourth-order valence-corrected chi connectivity index (χ4v) is 16.8. The van der Waals surface area contributed by atoms with Gasteiger partial charge in [-0.1, -0.05) is 99.3 Å². The lowest BCUT2D eigenvalue weighted by molar-refractivity contribution is 0.673. The van der Waals surface area contributed by atoms with Gasteiger partial charge in [0, 0.05) is 14.5 Å². The van der Waals surface area contributed by atoms with Gasteiger partial charge in [-0.2, -0.15) is 0 Å². The number of rotatable bonds is 31. The summed E-state index contributed by atoms with van der Waals surface area (Å²) in [5, 5.41) is 0. The Balaban J connectivity index is 5.01. The van der Waals surface area contributed by atoms with Crippen LogP contribution in [0.25, 0.3) is 0 Å². The molecule has 0 rings (SSSR count). The largest absolute Gasteiger partial charge is 0.0654 e. The first kappa shape index (κ1) is 38.9. The van der Waals surface area contributed by atoms with Crippen LogP contribution in [-0.2, 0) is 0 Å². The third-order valence-electron chi connectivity index (χ3n) is 9.43. The zero-order valence-electron chi connectivity index (χ0n) is 28.1. The molecular formula is C36H78P2+2. The third-order valence-corrected chi connectivity index (χ3v) is 19.6. The summed E-state index contributed by atoms with van der Waals surface area (Å²) in [5.41, 5.74) is 0. The van der Waals surface area contributed by atoms with Crippen LogP contribution in [0.15, 0.2) is 0 Å². The molecule has 0 nitrogen and oxygen atoms in total. The Hall–Kier alpha value is 0.860. The minimum Gasteiger partial charge on any atom is -0.0654 e. The van der Waals surface area contributed by atoms with Crippen molar-refractivity contribution in [3.63, 3.8) is 0 Å². The number of unbranched alkanes of at least 4 members (excludes halogenated alkanes) is 15. The molecule has 38 heavy (non-hydrogen) atoms. The molecule has 0 aliphatic carbocycles. The minimum absolute atomic E-state index is 0.685. The standard InChI is InChI=1S/C36H78P2/c1-7-13-19-24-32-38(33-25-20-14-8-2,34-26-21-15-9-3)36-28-23-22-27-35-37(29-16-10-4,30-17-11-5)31-18-12-6/h7-36H2,1-6H3/q+2. The Morgan fingerprint density at radius 1 is 0.211 bits per heavy atom. The highest BCUT2D eigenvalue weighted by molar-refractivity contribution is 7.76. The summed E-state index contributed by atoms with van der Waals surface area (Å²) in [6.45, 7) is 14.4. The van der Waals surface area contributed by atoms with Crippen molar-refractivity contribution < 1.29 is 0 Å². The van der Waals surface area contributed by atoms with E-state index in [-0.39, 0.29) is 0 Å². The lowest BCUT2D eigenvalue weighted by Gasteiger charge is -2.29. The smallest absolute Gasteiger partial charge is 0.0594 e. The Labute approximate surface area is 246 Å². The van der Waals surface area contributed by atoms with E-state index in [1.807, 2.05) is 0 Å². The van der Waals surface area contributed by atoms with E-state index in [1.54, 1.807) is 81.4 Å². The molecule has 0 aliphatic heterocycles. The molecule has 0 aromatic heterocycles. The Morgan fingerprint density at radius 3 is 0.605 bits per heavy atom. The predicted octanol–water partition coefficient (Wildman–Crippen LogP) is 13.7. The molecular weight excluding hydrogens is 494 g/mol. The molecule has 0 aliphatic rings. The monoisotopic (exact) mass is 573 g/mol. The highest BCUT2D eigenvalue weighted by Crippen LogP contribution is 2.62. The minimum atomic E-state index is -0.735. The predicted molar refractivity (Wildman–Crippen MR) is 188 cm³/mol. The summed E-state index contributed by atoms with van der Waals surface area (Å²) < 4.78 is 0. The van der Waals surface area contributed by atoms with Crippen molar-refractivity contribution >= 4 is 14.5 Å². The molecule has 230 valence electrons. The zero-order chi connectivity index (χ0) is 28.2. The maximum absolute atomic E-state index is 2.41. The molecule has 0 heterocycles. The van der Waals surface area contributed by atoms with Gasteiger partial charge in [0.05, 0.1) is 49.3 Å². The van der Waals surface area contributed by atoms with E-state index in [0.29, 0.717) is 0 Å². The van der Waals surface area contributed by atoms with Gasteiger partial charge in [-0.05, 0) is 83.5 Å². The first-order chi connectivity index (χ1) is 18.6. The first-order valence-electron chi connectivity index (χ1n) is 18.3. The van der Waals surface area contributed by atoms with Gasteiger partial charge in [0.1, 0.15) is 0 Å². The summed E-state index contributed by atoms with van der Waals surface area (Å²) in [4.78, 5) is 0. The second-order valence-corrected chi connectivity index (χ2v) is 22.1. The van der Waals surface area contributed by atoms with Crippen LogP contribution < -0.4 is 0 Å². The van der Waals surface area contributed by atoms with Gasteiger partial charge in [0.2, 0.25) is 0 Å². The van der Waals surface area contributed by atoms with Crippen LogP contribution in [0.1, 0.15) is 183 Å². The summed E-state index contributed by atoms with van der Waals surface area (Å²) in [6.07, 6.45) is 45.7. The molecule has 0 radical (unpaired) electrons. The van der Waals surface area contributed by atoms with E-state index in [1.165, 1.54) is 109 Å². The number of hydrogen-bond acceptors (Lipinski definition) is 0. The summed E-state index contributed by atoms with van der Waals surface area (Å²) in [6, 6.07) is 0. The van der Waals surface area contributed by atoms with Gasteiger partial charge in [0.25, 0.3) is 0 Å². The molecule has 0 amide bonds. The summed E-state index contributed by atoms with van der Waals surface area (Å²) in [7, 11) is -1.42. The van der Waals surface area contributed by atoms with Crippen molar-refractivity contribution in [3.8, 4) is 0 Å². The van der Waals surface area contributed by atoms with Gasteiger partial charge in [-0.15, -0.1) is 0 Å². The highest BCUT2D eigenvalue weighted by atomic mass is 31.2. The normalized spacial score (nSPS) is 12.5. The van der Waals surface area contributed by atoms with Crippen LogP contribution >= 0.6 is 14.5 Å². The van der Waals surface area contributed by atoms with Gasteiger partial charge in [-0.25, -0.2) is 0 Å². The highest BCUT2D eigenvalue weighted by Gasteiger charge is 2.36. The van der Waals surface area contributed by atoms with Crippen molar-refractivity contribution in [2.24, 2.45) is 0 Å². The summed E-state index contributed by atoms with van der Waals surface area (Å²) >= 11 is 0. The molecule has 0 unspecified atom stereocenters. The van der Waals surface area contributed by atoms with Crippen LogP contribution in [0.2, 0.25) is 0 Å². The Bertz CT molecular complexity index is 407. The molecule has 0 aromatic rings. The van der Waals surface area contributed by atoms with E-state index in [0.717, 1.165) is 0 Å². The number of hydrogen-bond donors (Lipinski definition) is 0. The second-order valence-electron chi connectivity index (χ2n) is 13.1. The summed E-state index contributed by atoms with van der Waals surface area (Å²) in [5.74, 6) is 0. The van der Waals surface area contributed by atoms with Crippen molar-refractivity contribution in [2.45, 2.75) is 183 Å². The maximum Gasteiger partial charge on any atom is 0.0594 e. The average molecular weight is 573 g/mol. The van der Waals surface area contributed by atoms with Crippen LogP contribution in [0.4, 0.5) is 0 Å². The topological polar surface area (TPSA) is 0 Å². The molecule has 0 fully saturated rings. The van der Waals surface area contributed by atoms with Crippen molar-refractivity contribution in [3.05, 3.63) is 0 Å². The molecule has 0 bridgehead atoms. The Morgan fingerprint density at radius 2 is 0.395 bits per heavy atom. The third kappa shape index (κ3) is 20.7. The van der Waals surface area contributed by atoms with Crippen LogP contribution in [-0.4, -0.2) is 49.3 Å². The van der Waals surface area contributed by atoms with E-state index >= 15 is 0 Å². The lowest BCUT2D eigenvalue weighted by atomic mass is 10.2. The van der Waals surface area contributed by atoms with Gasteiger partial charge < -0.3 is 0 Å². The molecule has 0 saturated heterocycles. The molecule has 0 aromatic carbocycles. The second kappa shape index (κ2) is 28.0. The molecule has 2 heteroatoms. The van der Waals surface area contributed by atoms with Crippen LogP contribution in [0.3, 0.4) is 0 Å².